The average Bonchev–Trinajstić information content (AvgIpc) is 2.62. The first-order valence-corrected chi connectivity index (χ1v) is 5.14. The van der Waals surface area contributed by atoms with Crippen LogP contribution in [0.15, 0.2) is 0 Å². The van der Waals surface area contributed by atoms with E-state index in [4.69, 9.17) is 5.73 Å². The summed E-state index contributed by atoms with van der Waals surface area (Å²) < 4.78 is 0. The molecule has 2 heteroatoms. The number of likely N-dealkylation sites (tertiary alicyclic amines) is 1. The largest absolute Gasteiger partial charge is 0.327 e. The Morgan fingerprint density at radius 2 is 1.83 bits per heavy atom. The van der Waals surface area contributed by atoms with Crippen molar-refractivity contribution in [3.05, 3.63) is 0 Å². The lowest BCUT2D eigenvalue weighted by atomic mass is 9.92. The maximum Gasteiger partial charge on any atom is 0.0103 e. The number of nitrogens with two attached hydrogens (primary N) is 1. The third-order valence-corrected chi connectivity index (χ3v) is 3.78. The van der Waals surface area contributed by atoms with Crippen LogP contribution in [0, 0.1) is 5.41 Å². The van der Waals surface area contributed by atoms with Crippen LogP contribution < -0.4 is 5.73 Å². The van der Waals surface area contributed by atoms with Crippen molar-refractivity contribution in [2.24, 2.45) is 11.1 Å². The molecule has 1 heterocycles. The first-order chi connectivity index (χ1) is 5.64. The van der Waals surface area contributed by atoms with Gasteiger partial charge in [0.05, 0.1) is 0 Å². The quantitative estimate of drug-likeness (QED) is 0.637. The summed E-state index contributed by atoms with van der Waals surface area (Å²) in [7, 11) is 0. The third kappa shape index (κ3) is 1.27. The molecule has 2 N–H and O–H groups in total. The van der Waals surface area contributed by atoms with Gasteiger partial charge in [0.2, 0.25) is 0 Å². The minimum Gasteiger partial charge on any atom is -0.327 e. The van der Waals surface area contributed by atoms with Gasteiger partial charge in [0.15, 0.2) is 0 Å². The molecule has 2 fully saturated rings. The second-order valence-corrected chi connectivity index (χ2v) is 4.80. The highest BCUT2D eigenvalue weighted by molar-refractivity contribution is 5.08. The van der Waals surface area contributed by atoms with Crippen LogP contribution in [0.4, 0.5) is 0 Å². The molecule has 1 saturated heterocycles. The molecule has 2 rings (SSSR count). The van der Waals surface area contributed by atoms with E-state index in [2.05, 4.69) is 18.7 Å². The summed E-state index contributed by atoms with van der Waals surface area (Å²) in [6.45, 7) is 7.10. The topological polar surface area (TPSA) is 29.3 Å². The van der Waals surface area contributed by atoms with Crippen molar-refractivity contribution in [2.75, 3.05) is 13.1 Å². The number of hydrogen-bond acceptors (Lipinski definition) is 2. The normalized spacial score (nSPS) is 34.5. The molecule has 0 aromatic carbocycles. The van der Waals surface area contributed by atoms with Crippen LogP contribution in [-0.2, 0) is 0 Å². The maximum absolute atomic E-state index is 5.93. The van der Waals surface area contributed by atoms with Crippen molar-refractivity contribution in [1.29, 1.82) is 0 Å². The molecular formula is C10H20N2. The molecule has 1 aliphatic heterocycles. The molecule has 1 saturated carbocycles. The number of hydrogen-bond donors (Lipinski definition) is 1. The number of nitrogens with zero attached hydrogens (tertiary/aromatic N) is 1. The molecule has 0 bridgehead atoms. The summed E-state index contributed by atoms with van der Waals surface area (Å²) in [5.74, 6) is 0. The van der Waals surface area contributed by atoms with Crippen molar-refractivity contribution in [1.82, 2.24) is 4.90 Å². The predicted octanol–water partition coefficient (Wildman–Crippen LogP) is 1.21. The van der Waals surface area contributed by atoms with Gasteiger partial charge in [0.1, 0.15) is 0 Å². The Hall–Kier alpha value is -0.0800. The summed E-state index contributed by atoms with van der Waals surface area (Å²) in [5, 5.41) is 0. The summed E-state index contributed by atoms with van der Waals surface area (Å²) in [6.07, 6.45) is 3.97. The maximum atomic E-state index is 5.93. The fraction of sp³-hybridized carbons (Fsp3) is 1.00. The molecule has 1 aliphatic carbocycles. The Morgan fingerprint density at radius 3 is 2.17 bits per heavy atom. The smallest absolute Gasteiger partial charge is 0.0103 e. The molecular weight excluding hydrogens is 148 g/mol. The second-order valence-electron chi connectivity index (χ2n) is 4.80. The molecule has 0 amide bonds. The Labute approximate surface area is 75.1 Å². The van der Waals surface area contributed by atoms with Gasteiger partial charge < -0.3 is 10.6 Å². The summed E-state index contributed by atoms with van der Waals surface area (Å²) in [5.41, 5.74) is 6.52. The van der Waals surface area contributed by atoms with Crippen molar-refractivity contribution in [2.45, 2.75) is 45.2 Å². The molecule has 0 radical (unpaired) electrons. The molecule has 0 aromatic rings. The molecule has 1 spiro atoms. The van der Waals surface area contributed by atoms with Gasteiger partial charge in [-0.15, -0.1) is 0 Å². The first-order valence-electron chi connectivity index (χ1n) is 5.14. The Balaban J connectivity index is 1.86. The highest BCUT2D eigenvalue weighted by Gasteiger charge is 2.52. The first kappa shape index (κ1) is 8.52. The molecule has 2 aliphatic rings. The lowest BCUT2D eigenvalue weighted by molar-refractivity contribution is 0.137. The van der Waals surface area contributed by atoms with Crippen molar-refractivity contribution < 1.29 is 0 Å². The molecule has 12 heavy (non-hydrogen) atoms. The predicted molar refractivity (Wildman–Crippen MR) is 51.0 cm³/mol. The molecule has 1 atom stereocenters. The molecule has 1 unspecified atom stereocenters. The highest BCUT2D eigenvalue weighted by Crippen LogP contribution is 2.52. The van der Waals surface area contributed by atoms with Gasteiger partial charge in [-0.1, -0.05) is 0 Å². The van der Waals surface area contributed by atoms with Crippen LogP contribution in [0.25, 0.3) is 0 Å². The van der Waals surface area contributed by atoms with E-state index in [0.717, 1.165) is 6.04 Å². The van der Waals surface area contributed by atoms with Crippen LogP contribution >= 0.6 is 0 Å². The Bertz CT molecular complexity index is 169. The van der Waals surface area contributed by atoms with Gasteiger partial charge >= 0.3 is 0 Å². The van der Waals surface area contributed by atoms with Crippen LogP contribution in [0.1, 0.15) is 33.1 Å². The summed E-state index contributed by atoms with van der Waals surface area (Å²) >= 11 is 0. The van der Waals surface area contributed by atoms with E-state index in [-0.39, 0.29) is 0 Å². The van der Waals surface area contributed by atoms with Crippen LogP contribution in [0.3, 0.4) is 0 Å². The fourth-order valence-corrected chi connectivity index (χ4v) is 2.44. The van der Waals surface area contributed by atoms with Gasteiger partial charge in [-0.2, -0.15) is 0 Å². The minimum atomic E-state index is 0.534. The zero-order chi connectivity index (χ0) is 8.77. The van der Waals surface area contributed by atoms with Crippen LogP contribution in [-0.4, -0.2) is 30.1 Å². The van der Waals surface area contributed by atoms with E-state index >= 15 is 0 Å². The standard InChI is InChI=1S/C10H20N2/c1-8(2)12-5-3-10(4-6-12)7-9(10)11/h8-9H,3-7,11H2,1-2H3. The van der Waals surface area contributed by atoms with Crippen molar-refractivity contribution >= 4 is 0 Å². The summed E-state index contributed by atoms with van der Waals surface area (Å²) in [4.78, 5) is 2.57. The van der Waals surface area contributed by atoms with Gasteiger partial charge in [-0.3, -0.25) is 0 Å². The van der Waals surface area contributed by atoms with E-state index in [1.165, 1.54) is 32.4 Å². The minimum absolute atomic E-state index is 0.534. The Kier molecular flexibility index (Phi) is 1.92. The van der Waals surface area contributed by atoms with E-state index in [1.54, 1.807) is 0 Å². The zero-order valence-corrected chi connectivity index (χ0v) is 8.21. The van der Waals surface area contributed by atoms with E-state index in [0.29, 0.717) is 11.5 Å². The SMILES string of the molecule is CC(C)N1CCC2(CC1)CC2N. The lowest BCUT2D eigenvalue weighted by Crippen LogP contribution is -2.40. The van der Waals surface area contributed by atoms with E-state index in [9.17, 15) is 0 Å². The Morgan fingerprint density at radius 1 is 1.33 bits per heavy atom. The van der Waals surface area contributed by atoms with Gasteiger partial charge in [-0.05, 0) is 51.6 Å². The average molecular weight is 168 g/mol. The lowest BCUT2D eigenvalue weighted by Gasteiger charge is -2.35. The third-order valence-electron chi connectivity index (χ3n) is 3.78. The monoisotopic (exact) mass is 168 g/mol. The number of rotatable bonds is 1. The molecule has 70 valence electrons. The fourth-order valence-electron chi connectivity index (χ4n) is 2.44. The van der Waals surface area contributed by atoms with Gasteiger partial charge in [0.25, 0.3) is 0 Å². The van der Waals surface area contributed by atoms with E-state index < -0.39 is 0 Å². The summed E-state index contributed by atoms with van der Waals surface area (Å²) in [6, 6.07) is 1.25. The molecule has 0 aromatic heterocycles. The van der Waals surface area contributed by atoms with Crippen molar-refractivity contribution in [3.63, 3.8) is 0 Å². The zero-order valence-electron chi connectivity index (χ0n) is 8.21. The molecule has 2 nitrogen and oxygen atoms in total. The number of piperidine rings is 1. The van der Waals surface area contributed by atoms with Gasteiger partial charge in [-0.25, -0.2) is 0 Å². The highest BCUT2D eigenvalue weighted by atomic mass is 15.2. The van der Waals surface area contributed by atoms with E-state index in [1.807, 2.05) is 0 Å². The van der Waals surface area contributed by atoms with Crippen LogP contribution in [0.5, 0.6) is 0 Å². The van der Waals surface area contributed by atoms with Crippen molar-refractivity contribution in [3.8, 4) is 0 Å². The van der Waals surface area contributed by atoms with Gasteiger partial charge in [0, 0.05) is 12.1 Å². The second kappa shape index (κ2) is 2.71. The van der Waals surface area contributed by atoms with Crippen LogP contribution in [0.2, 0.25) is 0 Å².